The third-order valence-electron chi connectivity index (χ3n) is 4.91. The van der Waals surface area contributed by atoms with Gasteiger partial charge in [-0.05, 0) is 44.9 Å². The molecule has 0 amide bonds. The summed E-state index contributed by atoms with van der Waals surface area (Å²) >= 11 is 2.96. The zero-order valence-corrected chi connectivity index (χ0v) is 17.6. The lowest BCUT2D eigenvalue weighted by atomic mass is 10.2. The number of aryl methyl sites for hydroxylation is 2. The van der Waals surface area contributed by atoms with Crippen LogP contribution in [0.2, 0.25) is 0 Å². The van der Waals surface area contributed by atoms with Gasteiger partial charge in [-0.1, -0.05) is 23.9 Å². The zero-order valence-electron chi connectivity index (χ0n) is 15.9. The van der Waals surface area contributed by atoms with Gasteiger partial charge in [0.05, 0.1) is 29.3 Å². The molecule has 1 aliphatic rings. The van der Waals surface area contributed by atoms with E-state index < -0.39 is 0 Å². The Morgan fingerprint density at radius 3 is 2.89 bits per heavy atom. The van der Waals surface area contributed by atoms with Gasteiger partial charge >= 0.3 is 0 Å². The lowest BCUT2D eigenvalue weighted by Gasteiger charge is -2.16. The largest absolute Gasteiger partial charge is 0.376 e. The number of benzene rings is 1. The molecule has 0 radical (unpaired) electrons. The fourth-order valence-electron chi connectivity index (χ4n) is 3.53. The number of hydrogen-bond donors (Lipinski definition) is 0. The molecule has 146 valence electrons. The van der Waals surface area contributed by atoms with E-state index in [0.717, 1.165) is 34.8 Å². The summed E-state index contributed by atoms with van der Waals surface area (Å²) in [5, 5.41) is 1.18. The second-order valence-corrected chi connectivity index (χ2v) is 9.40. The van der Waals surface area contributed by atoms with E-state index in [1.165, 1.54) is 11.8 Å². The smallest absolute Gasteiger partial charge is 0.262 e. The monoisotopic (exact) mass is 414 g/mol. The number of para-hydroxylation sites is 1. The Labute approximate surface area is 171 Å². The van der Waals surface area contributed by atoms with Gasteiger partial charge in [0.25, 0.3) is 5.56 Å². The van der Waals surface area contributed by atoms with Crippen LogP contribution >= 0.6 is 23.1 Å². The molecule has 1 aliphatic heterocycles. The van der Waals surface area contributed by atoms with E-state index in [2.05, 4.69) is 0 Å². The van der Waals surface area contributed by atoms with Crippen molar-refractivity contribution in [1.82, 2.24) is 9.55 Å². The van der Waals surface area contributed by atoms with Crippen molar-refractivity contribution < 1.29 is 9.53 Å². The quantitative estimate of drug-likeness (QED) is 0.343. The van der Waals surface area contributed by atoms with Crippen LogP contribution in [0.25, 0.3) is 10.9 Å². The molecule has 0 spiro atoms. The molecule has 4 rings (SSSR count). The third-order valence-corrected chi connectivity index (χ3v) is 6.85. The molecular formula is C21H22N2O3S2. The number of fused-ring (bicyclic) bond motifs is 1. The van der Waals surface area contributed by atoms with Gasteiger partial charge in [-0.15, -0.1) is 11.3 Å². The van der Waals surface area contributed by atoms with Crippen molar-refractivity contribution in [2.75, 3.05) is 12.4 Å². The Kier molecular flexibility index (Phi) is 5.66. The van der Waals surface area contributed by atoms with Crippen LogP contribution in [0.15, 0.2) is 40.3 Å². The Morgan fingerprint density at radius 2 is 2.18 bits per heavy atom. The maximum absolute atomic E-state index is 13.1. The van der Waals surface area contributed by atoms with Crippen molar-refractivity contribution in [3.8, 4) is 0 Å². The van der Waals surface area contributed by atoms with E-state index in [9.17, 15) is 9.59 Å². The minimum atomic E-state index is -0.0707. The number of nitrogens with zero attached hydrogens (tertiary/aromatic N) is 2. The van der Waals surface area contributed by atoms with Crippen LogP contribution in [0.3, 0.4) is 0 Å². The predicted octanol–water partition coefficient (Wildman–Crippen LogP) is 4.23. The van der Waals surface area contributed by atoms with Gasteiger partial charge in [-0.2, -0.15) is 0 Å². The van der Waals surface area contributed by atoms with E-state index in [1.807, 2.05) is 38.1 Å². The lowest BCUT2D eigenvalue weighted by Crippen LogP contribution is -2.29. The first kappa shape index (κ1) is 19.4. The summed E-state index contributed by atoms with van der Waals surface area (Å²) in [5.74, 6) is 0.325. The molecule has 2 aromatic heterocycles. The first-order chi connectivity index (χ1) is 13.5. The predicted molar refractivity (Wildman–Crippen MR) is 114 cm³/mol. The molecular weight excluding hydrogens is 392 g/mol. The van der Waals surface area contributed by atoms with Gasteiger partial charge in [0, 0.05) is 21.9 Å². The Morgan fingerprint density at radius 1 is 1.36 bits per heavy atom. The van der Waals surface area contributed by atoms with E-state index >= 15 is 0 Å². The molecule has 1 aromatic carbocycles. The number of carbonyl (C=O) groups excluding carboxylic acids is 1. The number of thioether (sulfide) groups is 1. The first-order valence-corrected chi connectivity index (χ1v) is 11.2. The molecule has 1 saturated heterocycles. The van der Waals surface area contributed by atoms with Crippen molar-refractivity contribution in [2.45, 2.75) is 44.5 Å². The van der Waals surface area contributed by atoms with Crippen LogP contribution in [0.5, 0.6) is 0 Å². The number of carbonyl (C=O) groups is 1. The van der Waals surface area contributed by atoms with Gasteiger partial charge in [-0.3, -0.25) is 14.2 Å². The number of thiophene rings is 1. The van der Waals surface area contributed by atoms with Crippen LogP contribution in [0.4, 0.5) is 0 Å². The number of aromatic nitrogens is 2. The van der Waals surface area contributed by atoms with Gasteiger partial charge in [-0.25, -0.2) is 4.98 Å². The van der Waals surface area contributed by atoms with Crippen molar-refractivity contribution in [2.24, 2.45) is 0 Å². The summed E-state index contributed by atoms with van der Waals surface area (Å²) in [4.78, 5) is 32.6. The summed E-state index contributed by atoms with van der Waals surface area (Å²) in [5.41, 5.74) is 1.36. The second kappa shape index (κ2) is 8.19. The number of rotatable bonds is 6. The Hall–Kier alpha value is -1.96. The number of ketones is 1. The maximum Gasteiger partial charge on any atom is 0.262 e. The van der Waals surface area contributed by atoms with Crippen LogP contribution in [-0.2, 0) is 11.3 Å². The summed E-state index contributed by atoms with van der Waals surface area (Å²) < 4.78 is 7.41. The van der Waals surface area contributed by atoms with Crippen molar-refractivity contribution in [1.29, 1.82) is 0 Å². The highest BCUT2D eigenvalue weighted by atomic mass is 32.2. The van der Waals surface area contributed by atoms with Gasteiger partial charge in [0.15, 0.2) is 10.9 Å². The molecule has 0 N–H and O–H groups in total. The maximum atomic E-state index is 13.1. The topological polar surface area (TPSA) is 61.2 Å². The molecule has 1 atom stereocenters. The fourth-order valence-corrected chi connectivity index (χ4v) is 5.36. The molecule has 28 heavy (non-hydrogen) atoms. The second-order valence-electron chi connectivity index (χ2n) is 7.00. The van der Waals surface area contributed by atoms with E-state index in [1.54, 1.807) is 22.0 Å². The standard InChI is InChI=1S/C21H22N2O3S2/c1-13-10-17(14(2)28-13)19(24)12-27-21-22-18-8-4-3-7-16(18)20(25)23(21)11-15-6-5-9-26-15/h3-4,7-8,10,15H,5-6,9,11-12H2,1-2H3/t15-/m1/s1. The van der Waals surface area contributed by atoms with Crippen molar-refractivity contribution in [3.63, 3.8) is 0 Å². The molecule has 3 aromatic rings. The summed E-state index contributed by atoms with van der Waals surface area (Å²) in [6.45, 7) is 5.19. The molecule has 5 nitrogen and oxygen atoms in total. The van der Waals surface area contributed by atoms with Crippen molar-refractivity contribution >= 4 is 39.8 Å². The SMILES string of the molecule is Cc1cc(C(=O)CSc2nc3ccccc3c(=O)n2C[C@H]2CCCO2)c(C)s1. The summed E-state index contributed by atoms with van der Waals surface area (Å²) in [6.07, 6.45) is 1.98. The molecule has 0 bridgehead atoms. The van der Waals surface area contributed by atoms with Gasteiger partial charge in [0.2, 0.25) is 0 Å². The van der Waals surface area contributed by atoms with E-state index in [4.69, 9.17) is 9.72 Å². The molecule has 0 aliphatic carbocycles. The number of Topliss-reactive ketones (excluding diaryl/α,β-unsaturated/α-hetero) is 1. The highest BCUT2D eigenvalue weighted by molar-refractivity contribution is 7.99. The van der Waals surface area contributed by atoms with E-state index in [0.29, 0.717) is 22.6 Å². The lowest BCUT2D eigenvalue weighted by molar-refractivity contribution is 0.0937. The minimum absolute atomic E-state index is 0.0254. The van der Waals surface area contributed by atoms with Gasteiger partial charge < -0.3 is 4.74 Å². The average molecular weight is 415 g/mol. The first-order valence-electron chi connectivity index (χ1n) is 9.37. The highest BCUT2D eigenvalue weighted by Crippen LogP contribution is 2.25. The summed E-state index contributed by atoms with van der Waals surface area (Å²) in [6, 6.07) is 9.30. The van der Waals surface area contributed by atoms with Crippen LogP contribution < -0.4 is 5.56 Å². The Bertz CT molecular complexity index is 1080. The Balaban J connectivity index is 1.65. The number of ether oxygens (including phenoxy) is 1. The van der Waals surface area contributed by atoms with Crippen LogP contribution in [0, 0.1) is 13.8 Å². The van der Waals surface area contributed by atoms with Crippen LogP contribution in [-0.4, -0.2) is 33.8 Å². The molecule has 7 heteroatoms. The summed E-state index contributed by atoms with van der Waals surface area (Å²) in [7, 11) is 0. The van der Waals surface area contributed by atoms with E-state index in [-0.39, 0.29) is 23.2 Å². The fraction of sp³-hybridized carbons (Fsp3) is 0.381. The van der Waals surface area contributed by atoms with Gasteiger partial charge in [0.1, 0.15) is 0 Å². The van der Waals surface area contributed by atoms with Crippen LogP contribution in [0.1, 0.15) is 33.0 Å². The number of hydrogen-bond acceptors (Lipinski definition) is 6. The third kappa shape index (κ3) is 3.92. The molecule has 0 saturated carbocycles. The van der Waals surface area contributed by atoms with Crippen molar-refractivity contribution in [3.05, 3.63) is 56.0 Å². The molecule has 3 heterocycles. The highest BCUT2D eigenvalue weighted by Gasteiger charge is 2.21. The molecule has 0 unspecified atom stereocenters. The minimum Gasteiger partial charge on any atom is -0.376 e. The zero-order chi connectivity index (χ0) is 19.7. The normalized spacial score (nSPS) is 16.7. The average Bonchev–Trinajstić information content (AvgIpc) is 3.31. The molecule has 1 fully saturated rings.